The Morgan fingerprint density at radius 1 is 1.24 bits per heavy atom. The molecule has 0 saturated carbocycles. The van der Waals surface area contributed by atoms with Crippen LogP contribution in [0.5, 0.6) is 0 Å². The molecule has 0 heterocycles. The predicted molar refractivity (Wildman–Crippen MR) is 60.1 cm³/mol. The Hall–Kier alpha value is -1.72. The van der Waals surface area contributed by atoms with E-state index in [9.17, 15) is 9.59 Å². The fourth-order valence-corrected chi connectivity index (χ4v) is 1.37. The first-order chi connectivity index (χ1) is 8.07. The second kappa shape index (κ2) is 5.56. The molecular formula is C12H14O5. The quantitative estimate of drug-likeness (QED) is 0.411. The molecule has 1 aliphatic rings. The number of allylic oxidation sites excluding steroid dienone is 3. The number of hydrogen-bond donors (Lipinski definition) is 0. The molecule has 0 unspecified atom stereocenters. The van der Waals surface area contributed by atoms with Crippen molar-refractivity contribution < 1.29 is 23.8 Å². The van der Waals surface area contributed by atoms with E-state index in [0.717, 1.165) is 0 Å². The summed E-state index contributed by atoms with van der Waals surface area (Å²) in [5.74, 6) is -2.20. The van der Waals surface area contributed by atoms with E-state index >= 15 is 0 Å². The van der Waals surface area contributed by atoms with Gasteiger partial charge in [-0.25, -0.2) is 4.79 Å². The van der Waals surface area contributed by atoms with E-state index in [1.165, 1.54) is 45.6 Å². The minimum Gasteiger partial charge on any atom is -0.466 e. The molecule has 0 N–H and O–H groups in total. The van der Waals surface area contributed by atoms with Crippen LogP contribution in [0.2, 0.25) is 0 Å². The topological polar surface area (TPSA) is 61.8 Å². The minimum absolute atomic E-state index is 0.308. The number of rotatable bonds is 4. The van der Waals surface area contributed by atoms with Crippen LogP contribution in [-0.4, -0.2) is 38.9 Å². The van der Waals surface area contributed by atoms with Crippen LogP contribution in [-0.2, 0) is 23.8 Å². The largest absolute Gasteiger partial charge is 0.466 e. The maximum absolute atomic E-state index is 11.6. The second-order valence-electron chi connectivity index (χ2n) is 3.27. The Balaban J connectivity index is 2.95. The molecule has 5 nitrogen and oxygen atoms in total. The van der Waals surface area contributed by atoms with Gasteiger partial charge in [-0.1, -0.05) is 6.08 Å². The fraction of sp³-hybridized carbons (Fsp3) is 0.333. The van der Waals surface area contributed by atoms with Crippen molar-refractivity contribution in [3.63, 3.8) is 0 Å². The molecule has 0 saturated heterocycles. The van der Waals surface area contributed by atoms with Gasteiger partial charge >= 0.3 is 5.97 Å². The first kappa shape index (κ1) is 13.3. The van der Waals surface area contributed by atoms with Crippen molar-refractivity contribution in [1.82, 2.24) is 0 Å². The summed E-state index contributed by atoms with van der Waals surface area (Å²) in [6, 6.07) is 0. The van der Waals surface area contributed by atoms with Crippen LogP contribution in [0.4, 0.5) is 0 Å². The maximum atomic E-state index is 11.6. The van der Waals surface area contributed by atoms with Crippen LogP contribution >= 0.6 is 0 Å². The maximum Gasteiger partial charge on any atom is 0.330 e. The molecule has 0 aromatic carbocycles. The SMILES string of the molecule is COC(=O)C=CC1=CC(OC)(OC)C(=O)C=C1. The average molecular weight is 238 g/mol. The molecule has 0 fully saturated rings. The number of esters is 1. The van der Waals surface area contributed by atoms with E-state index < -0.39 is 11.8 Å². The number of carbonyl (C=O) groups is 2. The molecule has 0 bridgehead atoms. The van der Waals surface area contributed by atoms with Gasteiger partial charge in [0.2, 0.25) is 5.78 Å². The van der Waals surface area contributed by atoms with Crippen molar-refractivity contribution in [2.24, 2.45) is 0 Å². The van der Waals surface area contributed by atoms with E-state index in [0.29, 0.717) is 5.57 Å². The molecule has 0 amide bonds. The lowest BCUT2D eigenvalue weighted by Gasteiger charge is -2.27. The van der Waals surface area contributed by atoms with E-state index in [2.05, 4.69) is 4.74 Å². The van der Waals surface area contributed by atoms with Crippen molar-refractivity contribution >= 4 is 11.8 Å². The molecule has 0 aromatic heterocycles. The zero-order valence-corrected chi connectivity index (χ0v) is 9.93. The van der Waals surface area contributed by atoms with Crippen LogP contribution < -0.4 is 0 Å². The van der Waals surface area contributed by atoms with Crippen molar-refractivity contribution in [2.45, 2.75) is 5.79 Å². The van der Waals surface area contributed by atoms with Crippen LogP contribution in [0, 0.1) is 0 Å². The molecule has 1 rings (SSSR count). The predicted octanol–water partition coefficient (Wildman–Crippen LogP) is 0.770. The summed E-state index contributed by atoms with van der Waals surface area (Å²) in [5, 5.41) is 0. The Morgan fingerprint density at radius 3 is 2.41 bits per heavy atom. The van der Waals surface area contributed by atoms with E-state index in [1.54, 1.807) is 6.08 Å². The summed E-state index contributed by atoms with van der Waals surface area (Å²) in [6.07, 6.45) is 7.17. The molecule has 0 radical (unpaired) electrons. The lowest BCUT2D eigenvalue weighted by molar-refractivity contribution is -0.181. The standard InChI is InChI=1S/C12H14O5/c1-15-11(14)7-5-9-4-6-10(13)12(8-9,16-2)17-3/h4-8H,1-3H3. The van der Waals surface area contributed by atoms with Crippen LogP contribution in [0.25, 0.3) is 0 Å². The molecule has 1 aliphatic carbocycles. The van der Waals surface area contributed by atoms with Gasteiger partial charge in [0.1, 0.15) is 0 Å². The number of carbonyl (C=O) groups excluding carboxylic acids is 2. The Labute approximate surface area is 99.3 Å². The second-order valence-corrected chi connectivity index (χ2v) is 3.27. The summed E-state index contributed by atoms with van der Waals surface area (Å²) >= 11 is 0. The highest BCUT2D eigenvalue weighted by Crippen LogP contribution is 2.23. The van der Waals surface area contributed by atoms with Crippen molar-refractivity contribution in [3.05, 3.63) is 36.0 Å². The van der Waals surface area contributed by atoms with Crippen molar-refractivity contribution in [2.75, 3.05) is 21.3 Å². The highest BCUT2D eigenvalue weighted by molar-refractivity contribution is 5.99. The fourth-order valence-electron chi connectivity index (χ4n) is 1.37. The van der Waals surface area contributed by atoms with E-state index in [-0.39, 0.29) is 5.78 Å². The molecule has 5 heteroatoms. The zero-order valence-electron chi connectivity index (χ0n) is 9.93. The van der Waals surface area contributed by atoms with E-state index in [1.807, 2.05) is 0 Å². The van der Waals surface area contributed by atoms with E-state index in [4.69, 9.17) is 9.47 Å². The van der Waals surface area contributed by atoms with Gasteiger partial charge < -0.3 is 14.2 Å². The monoisotopic (exact) mass is 238 g/mol. The summed E-state index contributed by atoms with van der Waals surface area (Å²) in [7, 11) is 4.04. The van der Waals surface area contributed by atoms with Crippen LogP contribution in [0.1, 0.15) is 0 Å². The zero-order chi connectivity index (χ0) is 12.9. The summed E-state index contributed by atoms with van der Waals surface area (Å²) in [5.41, 5.74) is 0.624. The number of methoxy groups -OCH3 is 3. The Bertz CT molecular complexity index is 399. The van der Waals surface area contributed by atoms with Crippen LogP contribution in [0.15, 0.2) is 36.0 Å². The van der Waals surface area contributed by atoms with Gasteiger partial charge in [-0.05, 0) is 23.8 Å². The van der Waals surface area contributed by atoms with Gasteiger partial charge in [0, 0.05) is 20.3 Å². The van der Waals surface area contributed by atoms with Crippen molar-refractivity contribution in [1.29, 1.82) is 0 Å². The first-order valence-electron chi connectivity index (χ1n) is 4.89. The summed E-state index contributed by atoms with van der Waals surface area (Å²) in [4.78, 5) is 22.6. The van der Waals surface area contributed by atoms with Gasteiger partial charge in [0.25, 0.3) is 5.79 Å². The normalized spacial score (nSPS) is 18.3. The minimum atomic E-state index is -1.41. The molecule has 0 aliphatic heterocycles. The highest BCUT2D eigenvalue weighted by Gasteiger charge is 2.36. The smallest absolute Gasteiger partial charge is 0.330 e. The van der Waals surface area contributed by atoms with Crippen molar-refractivity contribution in [3.8, 4) is 0 Å². The van der Waals surface area contributed by atoms with Gasteiger partial charge in [0.05, 0.1) is 7.11 Å². The summed E-state index contributed by atoms with van der Waals surface area (Å²) in [6.45, 7) is 0. The highest BCUT2D eigenvalue weighted by atomic mass is 16.7. The molecule has 0 spiro atoms. The molecular weight excluding hydrogens is 224 g/mol. The van der Waals surface area contributed by atoms with Crippen LogP contribution in [0.3, 0.4) is 0 Å². The third kappa shape index (κ3) is 2.89. The molecule has 92 valence electrons. The molecule has 17 heavy (non-hydrogen) atoms. The van der Waals surface area contributed by atoms with Gasteiger partial charge in [0.15, 0.2) is 0 Å². The molecule has 0 aromatic rings. The first-order valence-corrected chi connectivity index (χ1v) is 4.89. The third-order valence-electron chi connectivity index (χ3n) is 2.35. The lowest BCUT2D eigenvalue weighted by atomic mass is 10.00. The molecule has 0 atom stereocenters. The lowest BCUT2D eigenvalue weighted by Crippen LogP contribution is -2.41. The Kier molecular flexibility index (Phi) is 4.37. The third-order valence-corrected chi connectivity index (χ3v) is 2.35. The van der Waals surface area contributed by atoms with Gasteiger partial charge in [-0.2, -0.15) is 0 Å². The van der Waals surface area contributed by atoms with Gasteiger partial charge in [-0.3, -0.25) is 4.79 Å². The number of ketones is 1. The summed E-state index contributed by atoms with van der Waals surface area (Å²) < 4.78 is 14.6. The number of hydrogen-bond acceptors (Lipinski definition) is 5. The van der Waals surface area contributed by atoms with Gasteiger partial charge in [-0.15, -0.1) is 0 Å². The number of ether oxygens (including phenoxy) is 3. The average Bonchev–Trinajstić information content (AvgIpc) is 2.37. The Morgan fingerprint density at radius 2 is 1.88 bits per heavy atom.